The van der Waals surface area contributed by atoms with Crippen LogP contribution in [0.5, 0.6) is 0 Å². The van der Waals surface area contributed by atoms with Gasteiger partial charge in [0.2, 0.25) is 11.6 Å². The average Bonchev–Trinajstić information content (AvgIpc) is 3.17. The molecule has 0 aromatic carbocycles. The zero-order valence-corrected chi connectivity index (χ0v) is 10.6. The first kappa shape index (κ1) is 12.2. The summed E-state index contributed by atoms with van der Waals surface area (Å²) in [5, 5.41) is 6.89. The number of carbonyl (C=O) groups is 1. The second-order valence-corrected chi connectivity index (χ2v) is 5.74. The van der Waals surface area contributed by atoms with Gasteiger partial charge in [0.25, 0.3) is 6.47 Å². The molecule has 2 saturated heterocycles. The van der Waals surface area contributed by atoms with E-state index in [9.17, 15) is 0 Å². The average molecular weight is 252 g/mol. The maximum Gasteiger partial charge on any atom is 0.290 e. The van der Waals surface area contributed by atoms with Gasteiger partial charge < -0.3 is 14.6 Å². The molecule has 0 atom stereocenters. The minimum Gasteiger partial charge on any atom is -0.483 e. The van der Waals surface area contributed by atoms with Crippen LogP contribution in [0.4, 0.5) is 0 Å². The molecule has 4 heteroatoms. The molecule has 100 valence electrons. The second-order valence-electron chi connectivity index (χ2n) is 5.74. The molecular formula is C14H20O4. The number of hydrogen-bond acceptors (Lipinski definition) is 3. The fourth-order valence-corrected chi connectivity index (χ4v) is 3.48. The highest BCUT2D eigenvalue weighted by Crippen LogP contribution is 2.73. The third-order valence-electron chi connectivity index (χ3n) is 4.53. The van der Waals surface area contributed by atoms with Gasteiger partial charge in [0.1, 0.15) is 0 Å². The summed E-state index contributed by atoms with van der Waals surface area (Å²) in [6.07, 6.45) is 13.1. The Labute approximate surface area is 107 Å². The standard InChI is InChI=1S/C13H18O2.CH2O2/c1-2-4-10(5-3-1)8-11-6-7-12-13(9-11,14-12)15-12;2-1-3/h9-10H,1-8H2;1H,(H,2,3). The van der Waals surface area contributed by atoms with Crippen LogP contribution >= 0.6 is 0 Å². The molecule has 4 nitrogen and oxygen atoms in total. The van der Waals surface area contributed by atoms with E-state index in [1.807, 2.05) is 0 Å². The summed E-state index contributed by atoms with van der Waals surface area (Å²) in [6, 6.07) is 0. The lowest BCUT2D eigenvalue weighted by Crippen LogP contribution is -2.10. The molecule has 4 rings (SSSR count). The summed E-state index contributed by atoms with van der Waals surface area (Å²) >= 11 is 0. The second kappa shape index (κ2) is 4.35. The van der Waals surface area contributed by atoms with Gasteiger partial charge >= 0.3 is 0 Å². The zero-order valence-electron chi connectivity index (χ0n) is 10.6. The Morgan fingerprint density at radius 1 is 1.33 bits per heavy atom. The van der Waals surface area contributed by atoms with Gasteiger partial charge in [-0.05, 0) is 24.8 Å². The predicted octanol–water partition coefficient (Wildman–Crippen LogP) is 2.83. The molecule has 2 aliphatic carbocycles. The van der Waals surface area contributed by atoms with Crippen molar-refractivity contribution in [2.24, 2.45) is 5.92 Å². The zero-order chi connectivity index (χ0) is 12.6. The van der Waals surface area contributed by atoms with Crippen molar-refractivity contribution in [1.29, 1.82) is 0 Å². The largest absolute Gasteiger partial charge is 0.483 e. The maximum absolute atomic E-state index is 8.36. The van der Waals surface area contributed by atoms with Crippen LogP contribution in [0.25, 0.3) is 0 Å². The molecule has 0 bridgehead atoms. The third kappa shape index (κ3) is 1.97. The number of ether oxygens (including phenoxy) is 2. The van der Waals surface area contributed by atoms with E-state index in [4.69, 9.17) is 19.4 Å². The van der Waals surface area contributed by atoms with Gasteiger partial charge in [0.15, 0.2) is 0 Å². The van der Waals surface area contributed by atoms with Crippen molar-refractivity contribution in [2.45, 2.75) is 62.9 Å². The Morgan fingerprint density at radius 3 is 2.61 bits per heavy atom. The lowest BCUT2D eigenvalue weighted by molar-refractivity contribution is -0.122. The Hall–Kier alpha value is -0.870. The van der Waals surface area contributed by atoms with Gasteiger partial charge in [-0.15, -0.1) is 0 Å². The third-order valence-corrected chi connectivity index (χ3v) is 4.53. The highest BCUT2D eigenvalue weighted by Gasteiger charge is 2.90. The van der Waals surface area contributed by atoms with Crippen molar-refractivity contribution >= 4 is 6.47 Å². The van der Waals surface area contributed by atoms with Crippen LogP contribution in [0.15, 0.2) is 11.6 Å². The highest BCUT2D eigenvalue weighted by atomic mass is 17.0. The smallest absolute Gasteiger partial charge is 0.290 e. The van der Waals surface area contributed by atoms with Crippen LogP contribution in [0.3, 0.4) is 0 Å². The molecule has 0 aromatic heterocycles. The monoisotopic (exact) mass is 252 g/mol. The minimum absolute atomic E-state index is 0.108. The fourth-order valence-electron chi connectivity index (χ4n) is 3.48. The summed E-state index contributed by atoms with van der Waals surface area (Å²) in [4.78, 5) is 8.36. The molecule has 0 aromatic rings. The summed E-state index contributed by atoms with van der Waals surface area (Å²) in [6.45, 7) is -0.250. The van der Waals surface area contributed by atoms with Gasteiger partial charge in [-0.1, -0.05) is 37.7 Å². The number of rotatable bonds is 2. The van der Waals surface area contributed by atoms with Crippen LogP contribution in [-0.2, 0) is 14.3 Å². The summed E-state index contributed by atoms with van der Waals surface area (Å²) in [5.41, 5.74) is 1.60. The summed E-state index contributed by atoms with van der Waals surface area (Å²) < 4.78 is 11.1. The first-order valence-electron chi connectivity index (χ1n) is 6.92. The highest BCUT2D eigenvalue weighted by molar-refractivity contribution is 5.35. The molecule has 4 aliphatic rings. The van der Waals surface area contributed by atoms with Gasteiger partial charge in [0, 0.05) is 6.42 Å². The topological polar surface area (TPSA) is 62.4 Å². The Bertz CT molecular complexity index is 362. The first-order chi connectivity index (χ1) is 8.74. The minimum atomic E-state index is -0.250. The van der Waals surface area contributed by atoms with E-state index in [0.29, 0.717) is 0 Å². The van der Waals surface area contributed by atoms with Gasteiger partial charge in [-0.25, -0.2) is 0 Å². The molecule has 1 N–H and O–H groups in total. The number of carboxylic acid groups (broad SMARTS) is 1. The molecule has 1 saturated carbocycles. The van der Waals surface area contributed by atoms with Gasteiger partial charge in [0.05, 0.1) is 0 Å². The van der Waals surface area contributed by atoms with Crippen molar-refractivity contribution in [3.8, 4) is 0 Å². The van der Waals surface area contributed by atoms with E-state index >= 15 is 0 Å². The van der Waals surface area contributed by atoms with Crippen LogP contribution in [-0.4, -0.2) is 23.2 Å². The van der Waals surface area contributed by atoms with Crippen molar-refractivity contribution < 1.29 is 19.4 Å². The first-order valence-corrected chi connectivity index (χ1v) is 6.92. The van der Waals surface area contributed by atoms with Crippen LogP contribution in [0.1, 0.15) is 51.4 Å². The van der Waals surface area contributed by atoms with E-state index in [1.165, 1.54) is 44.9 Å². The van der Waals surface area contributed by atoms with Crippen LogP contribution in [0, 0.1) is 5.92 Å². The van der Waals surface area contributed by atoms with Crippen LogP contribution in [0.2, 0.25) is 0 Å². The lowest BCUT2D eigenvalue weighted by atomic mass is 9.82. The van der Waals surface area contributed by atoms with Gasteiger partial charge in [-0.3, -0.25) is 4.79 Å². The Balaban J connectivity index is 0.000000307. The van der Waals surface area contributed by atoms with E-state index in [-0.39, 0.29) is 18.0 Å². The molecule has 2 heterocycles. The number of hydrogen-bond donors (Lipinski definition) is 1. The van der Waals surface area contributed by atoms with E-state index in [2.05, 4.69) is 6.08 Å². The van der Waals surface area contributed by atoms with Crippen molar-refractivity contribution in [3.05, 3.63) is 11.6 Å². The van der Waals surface area contributed by atoms with Crippen LogP contribution < -0.4 is 0 Å². The predicted molar refractivity (Wildman–Crippen MR) is 64.8 cm³/mol. The molecule has 3 fully saturated rings. The quantitative estimate of drug-likeness (QED) is 0.466. The van der Waals surface area contributed by atoms with Crippen molar-refractivity contribution in [1.82, 2.24) is 0 Å². The molecular weight excluding hydrogens is 232 g/mol. The van der Waals surface area contributed by atoms with Gasteiger partial charge in [-0.2, -0.15) is 0 Å². The Kier molecular flexibility index (Phi) is 2.94. The molecule has 0 radical (unpaired) electrons. The van der Waals surface area contributed by atoms with E-state index in [1.54, 1.807) is 5.57 Å². The molecule has 0 amide bonds. The normalized spacial score (nSPS) is 40.6. The number of epoxide rings is 2. The van der Waals surface area contributed by atoms with E-state index < -0.39 is 0 Å². The van der Waals surface area contributed by atoms with E-state index in [0.717, 1.165) is 12.3 Å². The van der Waals surface area contributed by atoms with Crippen molar-refractivity contribution in [2.75, 3.05) is 0 Å². The molecule has 0 spiro atoms. The molecule has 18 heavy (non-hydrogen) atoms. The summed E-state index contributed by atoms with van der Waals surface area (Å²) in [7, 11) is 0. The Morgan fingerprint density at radius 2 is 2.00 bits per heavy atom. The number of allylic oxidation sites excluding steroid dienone is 1. The fraction of sp³-hybridized carbons (Fsp3) is 0.786. The maximum atomic E-state index is 8.36. The van der Waals surface area contributed by atoms with Crippen molar-refractivity contribution in [3.63, 3.8) is 0 Å². The molecule has 2 aliphatic heterocycles. The SMILES string of the molecule is C1=C(CC2CCCCC2)CCC23OC12O3.O=CO. The lowest BCUT2D eigenvalue weighted by Gasteiger charge is -2.23. The molecule has 0 unspecified atom stereocenters. The summed E-state index contributed by atoms with van der Waals surface area (Å²) in [5.74, 6) is 0.643.